The maximum absolute atomic E-state index is 13.0. The van der Waals surface area contributed by atoms with Gasteiger partial charge in [-0.05, 0) is 60.2 Å². The van der Waals surface area contributed by atoms with Crippen molar-refractivity contribution in [1.82, 2.24) is 5.32 Å². The topological polar surface area (TPSA) is 84.9 Å². The number of rotatable bonds is 7. The molecule has 1 N–H and O–H groups in total. The molecule has 8 heteroatoms. The number of hydrogen-bond acceptors (Lipinski definition) is 5. The molecule has 0 unspecified atom stereocenters. The molecule has 0 spiro atoms. The molecule has 7 nitrogen and oxygen atoms in total. The number of urea groups is 1. The SMILES string of the molecule is O=C1NC(=O)N(c2ccc(Cl)cc2)C(=O)/C1=C\c1cccc(OCCOc2ccccc2)c1. The Bertz CT molecular complexity index is 1210. The Morgan fingerprint density at radius 3 is 2.21 bits per heavy atom. The van der Waals surface area contributed by atoms with Crippen molar-refractivity contribution in [1.29, 1.82) is 0 Å². The van der Waals surface area contributed by atoms with Crippen molar-refractivity contribution >= 4 is 41.2 Å². The smallest absolute Gasteiger partial charge is 0.335 e. The Labute approximate surface area is 195 Å². The number of carbonyl (C=O) groups excluding carboxylic acids is 3. The summed E-state index contributed by atoms with van der Waals surface area (Å²) in [6.07, 6.45) is 1.42. The highest BCUT2D eigenvalue weighted by Gasteiger charge is 2.36. The molecule has 1 fully saturated rings. The second kappa shape index (κ2) is 10.0. The van der Waals surface area contributed by atoms with Crippen LogP contribution < -0.4 is 19.7 Å². The van der Waals surface area contributed by atoms with Gasteiger partial charge in [0.2, 0.25) is 0 Å². The molecule has 0 radical (unpaired) electrons. The van der Waals surface area contributed by atoms with Gasteiger partial charge >= 0.3 is 6.03 Å². The van der Waals surface area contributed by atoms with Crippen LogP contribution in [0.15, 0.2) is 84.4 Å². The van der Waals surface area contributed by atoms with Gasteiger partial charge in [-0.25, -0.2) is 9.69 Å². The van der Waals surface area contributed by atoms with E-state index in [2.05, 4.69) is 5.32 Å². The van der Waals surface area contributed by atoms with Crippen molar-refractivity contribution in [3.8, 4) is 11.5 Å². The van der Waals surface area contributed by atoms with Crippen molar-refractivity contribution in [2.24, 2.45) is 0 Å². The first-order valence-electron chi connectivity index (χ1n) is 10.1. The van der Waals surface area contributed by atoms with E-state index in [1.54, 1.807) is 36.4 Å². The minimum Gasteiger partial charge on any atom is -0.490 e. The van der Waals surface area contributed by atoms with E-state index in [1.165, 1.54) is 18.2 Å². The summed E-state index contributed by atoms with van der Waals surface area (Å²) in [5.74, 6) is -0.192. The molecule has 33 heavy (non-hydrogen) atoms. The third-order valence-electron chi connectivity index (χ3n) is 4.72. The van der Waals surface area contributed by atoms with Crippen LogP contribution in [-0.2, 0) is 9.59 Å². The van der Waals surface area contributed by atoms with Gasteiger partial charge in [0.1, 0.15) is 30.3 Å². The second-order valence-corrected chi connectivity index (χ2v) is 7.45. The molecule has 4 amide bonds. The Morgan fingerprint density at radius 2 is 1.48 bits per heavy atom. The first kappa shape index (κ1) is 22.1. The van der Waals surface area contributed by atoms with Crippen molar-refractivity contribution in [2.75, 3.05) is 18.1 Å². The van der Waals surface area contributed by atoms with E-state index in [1.807, 2.05) is 30.3 Å². The van der Waals surface area contributed by atoms with E-state index in [0.717, 1.165) is 10.6 Å². The van der Waals surface area contributed by atoms with Gasteiger partial charge < -0.3 is 9.47 Å². The standard InChI is InChI=1S/C25H19ClN2O5/c26-18-9-11-19(12-10-18)28-24(30)22(23(29)27-25(28)31)16-17-5-4-8-21(15-17)33-14-13-32-20-6-2-1-3-7-20/h1-12,15-16H,13-14H2,(H,27,29,31)/b22-16-. The van der Waals surface area contributed by atoms with Gasteiger partial charge in [0.05, 0.1) is 5.69 Å². The van der Waals surface area contributed by atoms with E-state index < -0.39 is 17.8 Å². The molecular formula is C25H19ClN2O5. The van der Waals surface area contributed by atoms with Crippen LogP contribution in [0.4, 0.5) is 10.5 Å². The molecule has 0 bridgehead atoms. The summed E-state index contributed by atoms with van der Waals surface area (Å²) in [6.45, 7) is 0.668. The van der Waals surface area contributed by atoms with Crippen molar-refractivity contribution < 1.29 is 23.9 Å². The first-order chi connectivity index (χ1) is 16.0. The average Bonchev–Trinajstić information content (AvgIpc) is 2.82. The number of anilines is 1. The van der Waals surface area contributed by atoms with Crippen LogP contribution >= 0.6 is 11.6 Å². The predicted octanol–water partition coefficient (Wildman–Crippen LogP) is 4.46. The second-order valence-electron chi connectivity index (χ2n) is 7.02. The number of nitrogens with one attached hydrogen (secondary N) is 1. The van der Waals surface area contributed by atoms with Crippen molar-refractivity contribution in [3.05, 3.63) is 95.0 Å². The third-order valence-corrected chi connectivity index (χ3v) is 4.97. The summed E-state index contributed by atoms with van der Waals surface area (Å²) >= 11 is 5.88. The third kappa shape index (κ3) is 5.39. The zero-order chi connectivity index (χ0) is 23.2. The molecule has 3 aromatic rings. The highest BCUT2D eigenvalue weighted by molar-refractivity contribution is 6.39. The summed E-state index contributed by atoms with van der Waals surface area (Å²) in [5, 5.41) is 2.65. The molecule has 1 aliphatic heterocycles. The van der Waals surface area contributed by atoms with E-state index in [4.69, 9.17) is 21.1 Å². The molecule has 4 rings (SSSR count). The lowest BCUT2D eigenvalue weighted by molar-refractivity contribution is -0.122. The molecule has 1 heterocycles. The Morgan fingerprint density at radius 1 is 0.818 bits per heavy atom. The molecule has 1 saturated heterocycles. The first-order valence-corrected chi connectivity index (χ1v) is 10.5. The lowest BCUT2D eigenvalue weighted by Gasteiger charge is -2.26. The monoisotopic (exact) mass is 462 g/mol. The number of halogens is 1. The van der Waals surface area contributed by atoms with Crippen LogP contribution in [0.2, 0.25) is 5.02 Å². The molecular weight excluding hydrogens is 444 g/mol. The van der Waals surface area contributed by atoms with Crippen molar-refractivity contribution in [3.63, 3.8) is 0 Å². The van der Waals surface area contributed by atoms with Crippen LogP contribution in [0.3, 0.4) is 0 Å². The Balaban J connectivity index is 1.46. The molecule has 0 aliphatic carbocycles. The van der Waals surface area contributed by atoms with Gasteiger partial charge in [0.25, 0.3) is 11.8 Å². The zero-order valence-electron chi connectivity index (χ0n) is 17.4. The van der Waals surface area contributed by atoms with Gasteiger partial charge in [-0.3, -0.25) is 14.9 Å². The van der Waals surface area contributed by atoms with Crippen molar-refractivity contribution in [2.45, 2.75) is 0 Å². The summed E-state index contributed by atoms with van der Waals surface area (Å²) in [4.78, 5) is 38.5. The number of benzene rings is 3. The van der Waals surface area contributed by atoms with E-state index in [0.29, 0.717) is 35.2 Å². The lowest BCUT2D eigenvalue weighted by Crippen LogP contribution is -2.54. The Hall–Kier alpha value is -4.10. The maximum atomic E-state index is 13.0. The summed E-state index contributed by atoms with van der Waals surface area (Å²) in [6, 6.07) is 21.7. The molecule has 0 atom stereocenters. The summed E-state index contributed by atoms with van der Waals surface area (Å²) in [7, 11) is 0. The molecule has 0 aromatic heterocycles. The molecule has 166 valence electrons. The van der Waals surface area contributed by atoms with E-state index >= 15 is 0 Å². The fraction of sp³-hybridized carbons (Fsp3) is 0.0800. The van der Waals surface area contributed by atoms with E-state index in [-0.39, 0.29) is 5.57 Å². The number of carbonyl (C=O) groups is 3. The van der Waals surface area contributed by atoms with Crippen LogP contribution in [0.25, 0.3) is 6.08 Å². The lowest BCUT2D eigenvalue weighted by atomic mass is 10.1. The molecule has 1 aliphatic rings. The summed E-state index contributed by atoms with van der Waals surface area (Å²) in [5.41, 5.74) is 0.699. The quantitative estimate of drug-likeness (QED) is 0.318. The minimum absolute atomic E-state index is 0.172. The number of amides is 4. The fourth-order valence-corrected chi connectivity index (χ4v) is 3.30. The average molecular weight is 463 g/mol. The number of ether oxygens (including phenoxy) is 2. The molecule has 0 saturated carbocycles. The van der Waals surface area contributed by atoms with Crippen LogP contribution in [-0.4, -0.2) is 31.1 Å². The highest BCUT2D eigenvalue weighted by Crippen LogP contribution is 2.24. The number of para-hydroxylation sites is 1. The number of imide groups is 2. The largest absolute Gasteiger partial charge is 0.490 e. The fourth-order valence-electron chi connectivity index (χ4n) is 3.18. The number of hydrogen-bond donors (Lipinski definition) is 1. The number of nitrogens with zero attached hydrogens (tertiary/aromatic N) is 1. The van der Waals surface area contributed by atoms with Gasteiger partial charge in [0, 0.05) is 5.02 Å². The molecule has 3 aromatic carbocycles. The Kier molecular flexibility index (Phi) is 6.71. The minimum atomic E-state index is -0.819. The highest BCUT2D eigenvalue weighted by atomic mass is 35.5. The van der Waals surface area contributed by atoms with Gasteiger partial charge in [-0.15, -0.1) is 0 Å². The van der Waals surface area contributed by atoms with Crippen LogP contribution in [0.1, 0.15) is 5.56 Å². The normalized spacial score (nSPS) is 14.9. The van der Waals surface area contributed by atoms with Gasteiger partial charge in [-0.2, -0.15) is 0 Å². The zero-order valence-corrected chi connectivity index (χ0v) is 18.1. The van der Waals surface area contributed by atoms with E-state index in [9.17, 15) is 14.4 Å². The van der Waals surface area contributed by atoms with Crippen LogP contribution in [0, 0.1) is 0 Å². The predicted molar refractivity (Wildman–Crippen MR) is 124 cm³/mol. The van der Waals surface area contributed by atoms with Crippen LogP contribution in [0.5, 0.6) is 11.5 Å². The maximum Gasteiger partial charge on any atom is 0.335 e. The van der Waals surface area contributed by atoms with Gasteiger partial charge in [-0.1, -0.05) is 41.9 Å². The summed E-state index contributed by atoms with van der Waals surface area (Å²) < 4.78 is 11.3. The van der Waals surface area contributed by atoms with Gasteiger partial charge in [0.15, 0.2) is 0 Å². The number of barbiturate groups is 1.